The van der Waals surface area contributed by atoms with E-state index in [1.165, 1.54) is 30.4 Å². The van der Waals surface area contributed by atoms with E-state index in [0.29, 0.717) is 36.4 Å². The van der Waals surface area contributed by atoms with E-state index in [9.17, 15) is 14.7 Å². The zero-order chi connectivity index (χ0) is 27.1. The molecule has 3 heterocycles. The minimum Gasteiger partial charge on any atom is -0.480 e. The largest absolute Gasteiger partial charge is 0.480 e. The Balaban J connectivity index is 1.34. The number of carboxylic acids is 1. The fraction of sp³-hybridized carbons (Fsp3) is 0.556. The third-order valence-corrected chi connectivity index (χ3v) is 7.12. The summed E-state index contributed by atoms with van der Waals surface area (Å²) in [6.45, 7) is 1.41. The Bertz CT molecular complexity index is 1260. The zero-order valence-corrected chi connectivity index (χ0v) is 22.6. The Morgan fingerprint density at radius 3 is 2.74 bits per heavy atom. The lowest BCUT2D eigenvalue weighted by Crippen LogP contribution is -2.40. The van der Waals surface area contributed by atoms with E-state index < -0.39 is 12.0 Å². The Kier molecular flexibility index (Phi) is 9.22. The number of hydrogen-bond donors (Lipinski definition) is 2. The van der Waals surface area contributed by atoms with Gasteiger partial charge in [-0.3, -0.25) is 19.4 Å². The highest BCUT2D eigenvalue weighted by atomic mass is 16.4. The smallest absolute Gasteiger partial charge is 0.326 e. The molecule has 0 saturated carbocycles. The number of aliphatic carboxylic acids is 1. The van der Waals surface area contributed by atoms with Gasteiger partial charge in [0.05, 0.1) is 18.1 Å². The van der Waals surface area contributed by atoms with E-state index in [4.69, 9.17) is 4.98 Å². The Morgan fingerprint density at radius 2 is 1.95 bits per heavy atom. The first-order chi connectivity index (χ1) is 18.3. The molecule has 3 aromatic heterocycles. The summed E-state index contributed by atoms with van der Waals surface area (Å²) in [7, 11) is 5.24. The summed E-state index contributed by atoms with van der Waals surface area (Å²) in [5, 5.41) is 17.8. The van der Waals surface area contributed by atoms with Crippen molar-refractivity contribution in [1.82, 2.24) is 34.5 Å². The van der Waals surface area contributed by atoms with Gasteiger partial charge >= 0.3 is 5.97 Å². The maximum atomic E-state index is 12.5. The molecule has 1 amide bonds. The van der Waals surface area contributed by atoms with Crippen LogP contribution >= 0.6 is 0 Å². The maximum Gasteiger partial charge on any atom is 0.326 e. The molecule has 11 heteroatoms. The molecular weight excluding hydrogens is 484 g/mol. The van der Waals surface area contributed by atoms with Gasteiger partial charge in [0.25, 0.3) is 0 Å². The molecule has 1 aliphatic rings. The summed E-state index contributed by atoms with van der Waals surface area (Å²) in [4.78, 5) is 41.5. The molecule has 4 rings (SSSR count). The standard InChI is InChI=1S/C27H38N8O3/c1-33(2)24(36)17-35(14-7-6-9-20-12-11-19-8-4-5-10-22(19)31-20)15-13-23(27(37)38)32-25-21-16-30-34(3)26(21)29-18-28-25/h11-12,16,18,23H,4-10,13-15,17H2,1-3H3,(H,37,38)(H,28,29,32)/t23-/m0/s1. The molecule has 0 fully saturated rings. The number of aryl methyl sites for hydroxylation is 4. The number of anilines is 1. The van der Waals surface area contributed by atoms with Crippen molar-refractivity contribution in [3.05, 3.63) is 41.6 Å². The molecule has 0 radical (unpaired) electrons. The Labute approximate surface area is 223 Å². The Morgan fingerprint density at radius 1 is 1.13 bits per heavy atom. The summed E-state index contributed by atoms with van der Waals surface area (Å²) in [6.07, 6.45) is 10.8. The van der Waals surface area contributed by atoms with E-state index >= 15 is 0 Å². The normalized spacial score (nSPS) is 13.9. The van der Waals surface area contributed by atoms with Crippen LogP contribution in [0.5, 0.6) is 0 Å². The molecule has 0 saturated heterocycles. The van der Waals surface area contributed by atoms with Crippen LogP contribution in [0.25, 0.3) is 11.0 Å². The quantitative estimate of drug-likeness (QED) is 0.325. The molecule has 1 atom stereocenters. The van der Waals surface area contributed by atoms with Gasteiger partial charge in [0.2, 0.25) is 5.91 Å². The molecule has 2 N–H and O–H groups in total. The second-order valence-corrected chi connectivity index (χ2v) is 10.2. The lowest BCUT2D eigenvalue weighted by Gasteiger charge is -2.25. The van der Waals surface area contributed by atoms with Crippen molar-refractivity contribution in [2.75, 3.05) is 39.0 Å². The van der Waals surface area contributed by atoms with Crippen LogP contribution < -0.4 is 5.32 Å². The summed E-state index contributed by atoms with van der Waals surface area (Å²) >= 11 is 0. The number of aromatic nitrogens is 5. The number of carbonyl (C=O) groups excluding carboxylic acids is 1. The fourth-order valence-electron chi connectivity index (χ4n) is 4.82. The van der Waals surface area contributed by atoms with Crippen LogP contribution in [0.2, 0.25) is 0 Å². The molecule has 0 bridgehead atoms. The lowest BCUT2D eigenvalue weighted by atomic mass is 9.95. The highest BCUT2D eigenvalue weighted by Gasteiger charge is 2.22. The molecule has 11 nitrogen and oxygen atoms in total. The van der Waals surface area contributed by atoms with Crippen molar-refractivity contribution >= 4 is 28.7 Å². The van der Waals surface area contributed by atoms with Crippen molar-refractivity contribution in [2.45, 2.75) is 57.4 Å². The minimum atomic E-state index is -0.974. The molecule has 3 aromatic rings. The van der Waals surface area contributed by atoms with Gasteiger partial charge in [-0.15, -0.1) is 0 Å². The van der Waals surface area contributed by atoms with Crippen molar-refractivity contribution < 1.29 is 14.7 Å². The number of fused-ring (bicyclic) bond motifs is 2. The van der Waals surface area contributed by atoms with Gasteiger partial charge in [-0.1, -0.05) is 6.07 Å². The van der Waals surface area contributed by atoms with Crippen molar-refractivity contribution in [3.63, 3.8) is 0 Å². The molecule has 1 aliphatic carbocycles. The van der Waals surface area contributed by atoms with Crippen molar-refractivity contribution in [3.8, 4) is 0 Å². The van der Waals surface area contributed by atoms with Gasteiger partial charge in [-0.2, -0.15) is 5.10 Å². The van der Waals surface area contributed by atoms with Crippen LogP contribution in [-0.4, -0.2) is 91.3 Å². The van der Waals surface area contributed by atoms with Crippen LogP contribution in [0, 0.1) is 0 Å². The SMILES string of the molecule is CN(C)C(=O)CN(CCCCc1ccc2c(n1)CCCC2)CC[C@H](Nc1ncnc2c1cnn2C)C(=O)O. The highest BCUT2D eigenvalue weighted by Crippen LogP contribution is 2.21. The van der Waals surface area contributed by atoms with Crippen molar-refractivity contribution in [1.29, 1.82) is 0 Å². The molecule has 204 valence electrons. The number of pyridine rings is 1. The number of carboxylic acid groups (broad SMARTS) is 1. The number of hydrogen-bond acceptors (Lipinski definition) is 8. The Hall–Kier alpha value is -3.60. The van der Waals surface area contributed by atoms with E-state index in [2.05, 4.69) is 32.5 Å². The van der Waals surface area contributed by atoms with E-state index in [1.54, 1.807) is 36.9 Å². The van der Waals surface area contributed by atoms with Crippen LogP contribution in [0.15, 0.2) is 24.7 Å². The van der Waals surface area contributed by atoms with E-state index in [1.807, 2.05) is 4.90 Å². The van der Waals surface area contributed by atoms with Gasteiger partial charge < -0.3 is 15.3 Å². The number of unbranched alkanes of at least 4 members (excludes halogenated alkanes) is 1. The number of nitrogens with one attached hydrogen (secondary N) is 1. The van der Waals surface area contributed by atoms with Gasteiger partial charge in [-0.05, 0) is 69.5 Å². The number of amides is 1. The first-order valence-corrected chi connectivity index (χ1v) is 13.3. The third kappa shape index (κ3) is 7.03. The van der Waals surface area contributed by atoms with Crippen LogP contribution in [0.3, 0.4) is 0 Å². The van der Waals surface area contributed by atoms with Crippen LogP contribution in [0.1, 0.15) is 49.1 Å². The van der Waals surface area contributed by atoms with Crippen LogP contribution in [0.4, 0.5) is 5.82 Å². The summed E-state index contributed by atoms with van der Waals surface area (Å²) in [6, 6.07) is 3.51. The number of likely N-dealkylation sites (N-methyl/N-ethyl adjacent to an activating group) is 1. The predicted molar refractivity (Wildman–Crippen MR) is 145 cm³/mol. The van der Waals surface area contributed by atoms with Gasteiger partial charge in [0, 0.05) is 39.1 Å². The topological polar surface area (TPSA) is 129 Å². The fourth-order valence-corrected chi connectivity index (χ4v) is 4.82. The number of nitrogens with zero attached hydrogens (tertiary/aromatic N) is 7. The van der Waals surface area contributed by atoms with Crippen LogP contribution in [-0.2, 0) is 35.9 Å². The van der Waals surface area contributed by atoms with E-state index in [0.717, 1.165) is 37.8 Å². The first kappa shape index (κ1) is 27.4. The lowest BCUT2D eigenvalue weighted by molar-refractivity contribution is -0.138. The van der Waals surface area contributed by atoms with Gasteiger partial charge in [0.15, 0.2) is 5.65 Å². The summed E-state index contributed by atoms with van der Waals surface area (Å²) < 4.78 is 1.62. The highest BCUT2D eigenvalue weighted by molar-refractivity contribution is 5.88. The number of carbonyl (C=O) groups is 2. The average Bonchev–Trinajstić information content (AvgIpc) is 3.29. The van der Waals surface area contributed by atoms with Crippen molar-refractivity contribution in [2.24, 2.45) is 7.05 Å². The number of rotatable bonds is 13. The van der Waals surface area contributed by atoms with Gasteiger partial charge in [-0.25, -0.2) is 14.8 Å². The third-order valence-electron chi connectivity index (χ3n) is 7.12. The summed E-state index contributed by atoms with van der Waals surface area (Å²) in [5.74, 6) is -0.545. The molecule has 0 aliphatic heterocycles. The van der Waals surface area contributed by atoms with E-state index in [-0.39, 0.29) is 12.5 Å². The molecule has 0 spiro atoms. The second kappa shape index (κ2) is 12.8. The summed E-state index contributed by atoms with van der Waals surface area (Å²) in [5.41, 5.74) is 4.40. The molecule has 0 unspecified atom stereocenters. The maximum absolute atomic E-state index is 12.5. The minimum absolute atomic E-state index is 0.00550. The predicted octanol–water partition coefficient (Wildman–Crippen LogP) is 2.31. The zero-order valence-electron chi connectivity index (χ0n) is 22.6. The molecular formula is C27H38N8O3. The second-order valence-electron chi connectivity index (χ2n) is 10.2. The van der Waals surface area contributed by atoms with Gasteiger partial charge in [0.1, 0.15) is 18.2 Å². The molecule has 0 aromatic carbocycles. The average molecular weight is 523 g/mol. The monoisotopic (exact) mass is 522 g/mol. The molecule has 38 heavy (non-hydrogen) atoms. The first-order valence-electron chi connectivity index (χ1n) is 13.3.